The van der Waals surface area contributed by atoms with Gasteiger partial charge in [-0.2, -0.15) is 4.68 Å². The summed E-state index contributed by atoms with van der Waals surface area (Å²) in [6.07, 6.45) is 0.939. The van der Waals surface area contributed by atoms with Gasteiger partial charge >= 0.3 is 0 Å². The highest BCUT2D eigenvalue weighted by Crippen LogP contribution is 2.11. The molecule has 0 atom stereocenters. The Labute approximate surface area is 123 Å². The Hall–Kier alpha value is -2.69. The van der Waals surface area contributed by atoms with E-state index in [1.165, 1.54) is 11.1 Å². The Balaban J connectivity index is 1.67. The molecule has 3 rings (SSSR count). The first kappa shape index (κ1) is 13.3. The minimum Gasteiger partial charge on any atom is -0.352 e. The molecule has 21 heavy (non-hydrogen) atoms. The van der Waals surface area contributed by atoms with Crippen LogP contribution in [0.15, 0.2) is 54.6 Å². The predicted molar refractivity (Wildman–Crippen MR) is 82.5 cm³/mol. The number of aromatic nitrogens is 4. The predicted octanol–water partition coefficient (Wildman–Crippen LogP) is 2.63. The molecule has 0 aliphatic heterocycles. The van der Waals surface area contributed by atoms with Crippen molar-refractivity contribution in [2.24, 2.45) is 0 Å². The van der Waals surface area contributed by atoms with Crippen molar-refractivity contribution in [2.75, 3.05) is 11.9 Å². The van der Waals surface area contributed by atoms with Crippen LogP contribution < -0.4 is 5.32 Å². The van der Waals surface area contributed by atoms with Gasteiger partial charge < -0.3 is 5.32 Å². The lowest BCUT2D eigenvalue weighted by atomic mass is 10.1. The summed E-state index contributed by atoms with van der Waals surface area (Å²) >= 11 is 0. The molecule has 1 aromatic heterocycles. The van der Waals surface area contributed by atoms with Crippen LogP contribution in [-0.2, 0) is 6.42 Å². The first-order valence-corrected chi connectivity index (χ1v) is 6.97. The van der Waals surface area contributed by atoms with Crippen molar-refractivity contribution in [2.45, 2.75) is 13.3 Å². The van der Waals surface area contributed by atoms with E-state index in [1.807, 2.05) is 30.3 Å². The number of hydrogen-bond acceptors (Lipinski definition) is 4. The number of aryl methyl sites for hydroxylation is 1. The maximum absolute atomic E-state index is 4.04. The standard InChI is InChI=1S/C16H17N5/c1-13-7-5-6-8-14(13)11-12-17-16-18-19-20-21(16)15-9-3-2-4-10-15/h2-10H,11-12H2,1H3,(H,17,18,20). The molecule has 1 heterocycles. The van der Waals surface area contributed by atoms with E-state index in [-0.39, 0.29) is 0 Å². The quantitative estimate of drug-likeness (QED) is 0.780. The van der Waals surface area contributed by atoms with Crippen LogP contribution in [0.5, 0.6) is 0 Å². The van der Waals surface area contributed by atoms with Gasteiger partial charge in [0.2, 0.25) is 5.95 Å². The zero-order valence-electron chi connectivity index (χ0n) is 11.9. The van der Waals surface area contributed by atoms with Crippen LogP contribution in [-0.4, -0.2) is 26.8 Å². The fourth-order valence-corrected chi connectivity index (χ4v) is 2.24. The van der Waals surface area contributed by atoms with E-state index < -0.39 is 0 Å². The van der Waals surface area contributed by atoms with Crippen LogP contribution in [0.2, 0.25) is 0 Å². The normalized spacial score (nSPS) is 10.5. The van der Waals surface area contributed by atoms with Crippen molar-refractivity contribution in [1.82, 2.24) is 20.2 Å². The number of tetrazole rings is 1. The summed E-state index contributed by atoms with van der Waals surface area (Å²) in [4.78, 5) is 0. The van der Waals surface area contributed by atoms with Gasteiger partial charge in [0.05, 0.1) is 5.69 Å². The summed E-state index contributed by atoms with van der Waals surface area (Å²) in [5.74, 6) is 0.662. The van der Waals surface area contributed by atoms with Gasteiger partial charge in [0.1, 0.15) is 0 Å². The molecule has 3 aromatic rings. The largest absolute Gasteiger partial charge is 0.352 e. The minimum atomic E-state index is 0.662. The molecule has 0 saturated heterocycles. The highest BCUT2D eigenvalue weighted by atomic mass is 15.6. The second-order valence-corrected chi connectivity index (χ2v) is 4.85. The summed E-state index contributed by atoms with van der Waals surface area (Å²) in [7, 11) is 0. The van der Waals surface area contributed by atoms with Gasteiger partial charge in [-0.3, -0.25) is 0 Å². The maximum Gasteiger partial charge on any atom is 0.247 e. The molecule has 106 valence electrons. The third kappa shape index (κ3) is 3.08. The maximum atomic E-state index is 4.04. The van der Waals surface area contributed by atoms with E-state index in [2.05, 4.69) is 52.0 Å². The third-order valence-corrected chi connectivity index (χ3v) is 3.41. The molecule has 0 fully saturated rings. The molecule has 5 nitrogen and oxygen atoms in total. The van der Waals surface area contributed by atoms with E-state index in [9.17, 15) is 0 Å². The van der Waals surface area contributed by atoms with E-state index in [0.29, 0.717) is 5.95 Å². The lowest BCUT2D eigenvalue weighted by Crippen LogP contribution is -2.11. The Morgan fingerprint density at radius 3 is 2.57 bits per heavy atom. The second kappa shape index (κ2) is 6.17. The minimum absolute atomic E-state index is 0.662. The molecule has 1 N–H and O–H groups in total. The van der Waals surface area contributed by atoms with E-state index >= 15 is 0 Å². The number of para-hydroxylation sites is 1. The monoisotopic (exact) mass is 279 g/mol. The van der Waals surface area contributed by atoms with Crippen molar-refractivity contribution < 1.29 is 0 Å². The number of rotatable bonds is 5. The molecule has 5 heteroatoms. The first-order chi connectivity index (χ1) is 10.3. The number of benzene rings is 2. The molecule has 0 amide bonds. The number of hydrogen-bond donors (Lipinski definition) is 1. The van der Waals surface area contributed by atoms with Gasteiger partial charge in [0, 0.05) is 6.54 Å². The fourth-order valence-electron chi connectivity index (χ4n) is 2.24. The van der Waals surface area contributed by atoms with Crippen molar-refractivity contribution in [3.63, 3.8) is 0 Å². The lowest BCUT2D eigenvalue weighted by molar-refractivity contribution is 0.788. The molecule has 0 spiro atoms. The van der Waals surface area contributed by atoms with Crippen LogP contribution in [0.25, 0.3) is 5.69 Å². The summed E-state index contributed by atoms with van der Waals surface area (Å²) in [5.41, 5.74) is 3.59. The number of anilines is 1. The van der Waals surface area contributed by atoms with E-state index in [4.69, 9.17) is 0 Å². The van der Waals surface area contributed by atoms with Gasteiger partial charge in [0.25, 0.3) is 0 Å². The number of nitrogens with one attached hydrogen (secondary N) is 1. The van der Waals surface area contributed by atoms with Gasteiger partial charge in [-0.05, 0) is 47.0 Å². The van der Waals surface area contributed by atoms with Crippen LogP contribution in [0.1, 0.15) is 11.1 Å². The second-order valence-electron chi connectivity index (χ2n) is 4.85. The molecule has 0 unspecified atom stereocenters. The van der Waals surface area contributed by atoms with E-state index in [0.717, 1.165) is 18.7 Å². The van der Waals surface area contributed by atoms with Crippen LogP contribution >= 0.6 is 0 Å². The van der Waals surface area contributed by atoms with Crippen LogP contribution in [0.4, 0.5) is 5.95 Å². The van der Waals surface area contributed by atoms with Crippen LogP contribution in [0, 0.1) is 6.92 Å². The Bertz CT molecular complexity index is 705. The Morgan fingerprint density at radius 2 is 1.76 bits per heavy atom. The first-order valence-electron chi connectivity index (χ1n) is 6.97. The molecule has 0 bridgehead atoms. The highest BCUT2D eigenvalue weighted by molar-refractivity contribution is 5.38. The molecule has 2 aromatic carbocycles. The topological polar surface area (TPSA) is 55.6 Å². The lowest BCUT2D eigenvalue weighted by Gasteiger charge is -2.08. The smallest absolute Gasteiger partial charge is 0.247 e. The average Bonchev–Trinajstić information content (AvgIpc) is 2.99. The molecular formula is C16H17N5. The van der Waals surface area contributed by atoms with Crippen molar-refractivity contribution in [3.05, 3.63) is 65.7 Å². The Morgan fingerprint density at radius 1 is 1.00 bits per heavy atom. The highest BCUT2D eigenvalue weighted by Gasteiger charge is 2.07. The van der Waals surface area contributed by atoms with Crippen molar-refractivity contribution >= 4 is 5.95 Å². The average molecular weight is 279 g/mol. The summed E-state index contributed by atoms with van der Waals surface area (Å²) in [6.45, 7) is 2.92. The van der Waals surface area contributed by atoms with Gasteiger partial charge in [0.15, 0.2) is 0 Å². The Kier molecular flexibility index (Phi) is 3.91. The third-order valence-electron chi connectivity index (χ3n) is 3.41. The summed E-state index contributed by atoms with van der Waals surface area (Å²) in [6, 6.07) is 18.3. The van der Waals surface area contributed by atoms with Gasteiger partial charge in [-0.15, -0.1) is 0 Å². The molecule has 0 aliphatic rings. The van der Waals surface area contributed by atoms with Crippen LogP contribution in [0.3, 0.4) is 0 Å². The summed E-state index contributed by atoms with van der Waals surface area (Å²) in [5, 5.41) is 15.1. The molecule has 0 aliphatic carbocycles. The van der Waals surface area contributed by atoms with Crippen molar-refractivity contribution in [3.8, 4) is 5.69 Å². The number of nitrogens with zero attached hydrogens (tertiary/aromatic N) is 4. The fraction of sp³-hybridized carbons (Fsp3) is 0.188. The summed E-state index contributed by atoms with van der Waals surface area (Å²) < 4.78 is 1.71. The SMILES string of the molecule is Cc1ccccc1CCNc1nnnn1-c1ccccc1. The zero-order chi connectivity index (χ0) is 14.5. The molecule has 0 radical (unpaired) electrons. The van der Waals surface area contributed by atoms with Gasteiger partial charge in [-0.25, -0.2) is 0 Å². The van der Waals surface area contributed by atoms with Gasteiger partial charge in [-0.1, -0.05) is 47.6 Å². The molecular weight excluding hydrogens is 262 g/mol. The molecule has 0 saturated carbocycles. The zero-order valence-corrected chi connectivity index (χ0v) is 11.9. The van der Waals surface area contributed by atoms with Crippen molar-refractivity contribution in [1.29, 1.82) is 0 Å². The van der Waals surface area contributed by atoms with E-state index in [1.54, 1.807) is 4.68 Å².